The van der Waals surface area contributed by atoms with Gasteiger partial charge >= 0.3 is 0 Å². The Hall–Kier alpha value is -1.60. The number of hydrogen-bond donors (Lipinski definition) is 1. The molecule has 3 rings (SSSR count). The summed E-state index contributed by atoms with van der Waals surface area (Å²) in [5.74, 6) is 0.376. The SMILES string of the molecule is CC(=O)N1CCOc2cc(S(=O)(=O)NC3CCCCC3)c(C)cc21. The van der Waals surface area contributed by atoms with Gasteiger partial charge in [-0.15, -0.1) is 0 Å². The summed E-state index contributed by atoms with van der Waals surface area (Å²) in [6.07, 6.45) is 5.07. The Morgan fingerprint density at radius 2 is 1.96 bits per heavy atom. The van der Waals surface area contributed by atoms with E-state index in [0.717, 1.165) is 25.7 Å². The number of sulfonamides is 1. The lowest BCUT2D eigenvalue weighted by atomic mass is 9.96. The van der Waals surface area contributed by atoms with Crippen molar-refractivity contribution in [3.8, 4) is 5.75 Å². The van der Waals surface area contributed by atoms with Crippen molar-refractivity contribution in [2.75, 3.05) is 18.1 Å². The standard InChI is InChI=1S/C17H24N2O4S/c1-12-10-15-16(23-9-8-19(15)13(2)20)11-17(12)24(21,22)18-14-6-4-3-5-7-14/h10-11,14,18H,3-9H2,1-2H3. The molecule has 1 aliphatic heterocycles. The molecule has 0 unspecified atom stereocenters. The van der Waals surface area contributed by atoms with E-state index in [9.17, 15) is 13.2 Å². The van der Waals surface area contributed by atoms with Crippen LogP contribution in [-0.2, 0) is 14.8 Å². The van der Waals surface area contributed by atoms with E-state index >= 15 is 0 Å². The molecule has 0 spiro atoms. The van der Waals surface area contributed by atoms with E-state index < -0.39 is 10.0 Å². The van der Waals surface area contributed by atoms with Crippen molar-refractivity contribution < 1.29 is 17.9 Å². The molecule has 2 aliphatic rings. The van der Waals surface area contributed by atoms with E-state index in [4.69, 9.17) is 4.74 Å². The average Bonchev–Trinajstić information content (AvgIpc) is 2.54. The van der Waals surface area contributed by atoms with Crippen molar-refractivity contribution in [2.24, 2.45) is 0 Å². The molecule has 1 fully saturated rings. The monoisotopic (exact) mass is 352 g/mol. The normalized spacial score (nSPS) is 18.8. The quantitative estimate of drug-likeness (QED) is 0.906. The molecule has 1 aromatic carbocycles. The topological polar surface area (TPSA) is 75.7 Å². The summed E-state index contributed by atoms with van der Waals surface area (Å²) < 4.78 is 34.0. The van der Waals surface area contributed by atoms with Crippen LogP contribution >= 0.6 is 0 Å². The Morgan fingerprint density at radius 3 is 2.62 bits per heavy atom. The van der Waals surface area contributed by atoms with E-state index in [1.807, 2.05) is 0 Å². The van der Waals surface area contributed by atoms with E-state index in [1.54, 1.807) is 24.0 Å². The molecule has 0 bridgehead atoms. The van der Waals surface area contributed by atoms with Crippen LogP contribution in [0.1, 0.15) is 44.6 Å². The summed E-state index contributed by atoms with van der Waals surface area (Å²) in [4.78, 5) is 13.6. The lowest BCUT2D eigenvalue weighted by Crippen LogP contribution is -2.38. The number of hydrogen-bond acceptors (Lipinski definition) is 4. The molecule has 7 heteroatoms. The van der Waals surface area contributed by atoms with Crippen LogP contribution in [0.5, 0.6) is 5.75 Å². The minimum Gasteiger partial charge on any atom is -0.489 e. The molecule has 1 heterocycles. The smallest absolute Gasteiger partial charge is 0.241 e. The van der Waals surface area contributed by atoms with Gasteiger partial charge in [-0.25, -0.2) is 13.1 Å². The van der Waals surface area contributed by atoms with Gasteiger partial charge in [0, 0.05) is 19.0 Å². The predicted octanol–water partition coefficient (Wildman–Crippen LogP) is 2.35. The summed E-state index contributed by atoms with van der Waals surface area (Å²) in [6.45, 7) is 4.10. The first-order valence-electron chi connectivity index (χ1n) is 8.46. The lowest BCUT2D eigenvalue weighted by molar-refractivity contribution is -0.116. The molecule has 6 nitrogen and oxygen atoms in total. The highest BCUT2D eigenvalue weighted by atomic mass is 32.2. The summed E-state index contributed by atoms with van der Waals surface area (Å²) >= 11 is 0. The third-order valence-corrected chi connectivity index (χ3v) is 6.38. The van der Waals surface area contributed by atoms with E-state index in [0.29, 0.717) is 30.2 Å². The molecule has 24 heavy (non-hydrogen) atoms. The number of carbonyl (C=O) groups excluding carboxylic acids is 1. The maximum Gasteiger partial charge on any atom is 0.241 e. The summed E-state index contributed by atoms with van der Waals surface area (Å²) in [5.41, 5.74) is 1.26. The Kier molecular flexibility index (Phi) is 4.83. The van der Waals surface area contributed by atoms with Crippen LogP contribution in [0.2, 0.25) is 0 Å². The van der Waals surface area contributed by atoms with Crippen molar-refractivity contribution >= 4 is 21.6 Å². The summed E-state index contributed by atoms with van der Waals surface area (Å²) in [5, 5.41) is 0. The first kappa shape index (κ1) is 17.2. The lowest BCUT2D eigenvalue weighted by Gasteiger charge is -2.30. The van der Waals surface area contributed by atoms with Gasteiger partial charge in [0.25, 0.3) is 0 Å². The van der Waals surface area contributed by atoms with Gasteiger partial charge in [0.05, 0.1) is 17.1 Å². The minimum absolute atomic E-state index is 0.00817. The molecule has 1 N–H and O–H groups in total. The Bertz CT molecular complexity index is 739. The molecular formula is C17H24N2O4S. The van der Waals surface area contributed by atoms with Crippen LogP contribution in [0, 0.1) is 6.92 Å². The zero-order chi connectivity index (χ0) is 17.3. The average molecular weight is 352 g/mol. The number of aryl methyl sites for hydroxylation is 1. The molecular weight excluding hydrogens is 328 g/mol. The van der Waals surface area contributed by atoms with Crippen molar-refractivity contribution in [2.45, 2.75) is 56.9 Å². The Balaban J connectivity index is 1.92. The van der Waals surface area contributed by atoms with Gasteiger partial charge in [-0.1, -0.05) is 19.3 Å². The maximum absolute atomic E-state index is 12.8. The first-order chi connectivity index (χ1) is 11.4. The highest BCUT2D eigenvalue weighted by Gasteiger charge is 2.28. The van der Waals surface area contributed by atoms with Gasteiger partial charge in [-0.05, 0) is 31.4 Å². The van der Waals surface area contributed by atoms with Crippen molar-refractivity contribution in [1.82, 2.24) is 4.72 Å². The third kappa shape index (κ3) is 3.42. The van der Waals surface area contributed by atoms with Crippen LogP contribution in [0.15, 0.2) is 17.0 Å². The zero-order valence-electron chi connectivity index (χ0n) is 14.2. The number of carbonyl (C=O) groups is 1. The molecule has 132 valence electrons. The van der Waals surface area contributed by atoms with Gasteiger partial charge in [0.1, 0.15) is 12.4 Å². The van der Waals surface area contributed by atoms with Crippen LogP contribution < -0.4 is 14.4 Å². The number of benzene rings is 1. The molecule has 1 aromatic rings. The number of amides is 1. The van der Waals surface area contributed by atoms with Gasteiger partial charge in [-0.3, -0.25) is 4.79 Å². The van der Waals surface area contributed by atoms with Gasteiger partial charge in [0.15, 0.2) is 0 Å². The maximum atomic E-state index is 12.8. The van der Waals surface area contributed by atoms with E-state index in [2.05, 4.69) is 4.72 Å². The largest absolute Gasteiger partial charge is 0.489 e. The second-order valence-corrected chi connectivity index (χ2v) is 8.24. The fraction of sp³-hybridized carbons (Fsp3) is 0.588. The second kappa shape index (κ2) is 6.72. The van der Waals surface area contributed by atoms with Gasteiger partial charge in [0.2, 0.25) is 15.9 Å². The molecule has 1 amide bonds. The van der Waals surface area contributed by atoms with E-state index in [-0.39, 0.29) is 16.8 Å². The number of ether oxygens (including phenoxy) is 1. The summed E-state index contributed by atoms with van der Waals surface area (Å²) in [6, 6.07) is 3.28. The fourth-order valence-corrected chi connectivity index (χ4v) is 5.01. The zero-order valence-corrected chi connectivity index (χ0v) is 15.0. The minimum atomic E-state index is -3.60. The number of rotatable bonds is 3. The predicted molar refractivity (Wildman–Crippen MR) is 91.9 cm³/mol. The van der Waals surface area contributed by atoms with E-state index in [1.165, 1.54) is 13.3 Å². The summed E-state index contributed by atoms with van der Waals surface area (Å²) in [7, 11) is -3.60. The van der Waals surface area contributed by atoms with Crippen LogP contribution in [-0.4, -0.2) is 33.5 Å². The Morgan fingerprint density at radius 1 is 1.25 bits per heavy atom. The number of anilines is 1. The first-order valence-corrected chi connectivity index (χ1v) is 9.94. The number of nitrogens with one attached hydrogen (secondary N) is 1. The van der Waals surface area contributed by atoms with Crippen molar-refractivity contribution in [3.05, 3.63) is 17.7 Å². The second-order valence-electron chi connectivity index (χ2n) is 6.56. The fourth-order valence-electron chi connectivity index (χ4n) is 3.47. The van der Waals surface area contributed by atoms with Crippen molar-refractivity contribution in [1.29, 1.82) is 0 Å². The molecule has 1 aliphatic carbocycles. The third-order valence-electron chi connectivity index (χ3n) is 4.72. The number of nitrogens with zero attached hydrogens (tertiary/aromatic N) is 1. The highest BCUT2D eigenvalue weighted by molar-refractivity contribution is 7.89. The van der Waals surface area contributed by atoms with Crippen LogP contribution in [0.3, 0.4) is 0 Å². The van der Waals surface area contributed by atoms with Crippen LogP contribution in [0.25, 0.3) is 0 Å². The molecule has 1 saturated carbocycles. The Labute approximate surface area is 143 Å². The van der Waals surface area contributed by atoms with Gasteiger partial charge < -0.3 is 9.64 Å². The number of fused-ring (bicyclic) bond motifs is 1. The van der Waals surface area contributed by atoms with Crippen molar-refractivity contribution in [3.63, 3.8) is 0 Å². The highest BCUT2D eigenvalue weighted by Crippen LogP contribution is 2.36. The molecule has 0 aromatic heterocycles. The molecule has 0 atom stereocenters. The van der Waals surface area contributed by atoms with Crippen LogP contribution in [0.4, 0.5) is 5.69 Å². The molecule has 0 saturated heterocycles. The van der Waals surface area contributed by atoms with Gasteiger partial charge in [-0.2, -0.15) is 0 Å². The molecule has 0 radical (unpaired) electrons.